The SMILES string of the molecule is N#CC1CCCN(C(=O)c2cc(C(F)(F)F)ccc2Br)C1. The van der Waals surface area contributed by atoms with Gasteiger partial charge in [0.1, 0.15) is 0 Å². The number of nitriles is 1. The van der Waals surface area contributed by atoms with Gasteiger partial charge >= 0.3 is 6.18 Å². The second-order valence-electron chi connectivity index (χ2n) is 4.91. The van der Waals surface area contributed by atoms with E-state index < -0.39 is 17.6 Å². The Bertz CT molecular complexity index is 595. The van der Waals surface area contributed by atoms with Crippen LogP contribution >= 0.6 is 15.9 Å². The van der Waals surface area contributed by atoms with E-state index >= 15 is 0 Å². The number of halogens is 4. The van der Waals surface area contributed by atoms with Crippen molar-refractivity contribution in [1.82, 2.24) is 4.90 Å². The molecule has 1 amide bonds. The van der Waals surface area contributed by atoms with Gasteiger partial charge in [-0.2, -0.15) is 18.4 Å². The first-order chi connectivity index (χ1) is 9.82. The number of rotatable bonds is 1. The van der Waals surface area contributed by atoms with Gasteiger partial charge in [0.05, 0.1) is 23.1 Å². The quantitative estimate of drug-likeness (QED) is 0.763. The molecule has 0 spiro atoms. The highest BCUT2D eigenvalue weighted by molar-refractivity contribution is 9.10. The molecule has 0 saturated carbocycles. The van der Waals surface area contributed by atoms with Crippen LogP contribution in [0.2, 0.25) is 0 Å². The third-order valence-corrected chi connectivity index (χ3v) is 4.11. The number of carbonyl (C=O) groups is 1. The van der Waals surface area contributed by atoms with Gasteiger partial charge in [-0.25, -0.2) is 0 Å². The molecule has 1 aliphatic rings. The van der Waals surface area contributed by atoms with Gasteiger partial charge in [0.25, 0.3) is 5.91 Å². The fraction of sp³-hybridized carbons (Fsp3) is 0.429. The van der Waals surface area contributed by atoms with E-state index in [1.54, 1.807) is 0 Å². The molecule has 1 aromatic carbocycles. The predicted octanol–water partition coefficient (Wildman–Crippen LogP) is 3.84. The average molecular weight is 361 g/mol. The molecule has 0 aromatic heterocycles. The van der Waals surface area contributed by atoms with Gasteiger partial charge in [-0.05, 0) is 47.0 Å². The Morgan fingerprint density at radius 3 is 2.76 bits per heavy atom. The fourth-order valence-corrected chi connectivity index (χ4v) is 2.72. The van der Waals surface area contributed by atoms with Crippen molar-refractivity contribution < 1.29 is 18.0 Å². The Kier molecular flexibility index (Phi) is 4.57. The van der Waals surface area contributed by atoms with E-state index in [1.807, 2.05) is 0 Å². The molecule has 1 unspecified atom stereocenters. The Morgan fingerprint density at radius 2 is 2.14 bits per heavy atom. The first-order valence-electron chi connectivity index (χ1n) is 6.38. The number of nitrogens with zero attached hydrogens (tertiary/aromatic N) is 2. The summed E-state index contributed by atoms with van der Waals surface area (Å²) in [6, 6.07) is 5.10. The summed E-state index contributed by atoms with van der Waals surface area (Å²) in [5.41, 5.74) is -0.883. The second-order valence-corrected chi connectivity index (χ2v) is 5.77. The lowest BCUT2D eigenvalue weighted by Crippen LogP contribution is -2.39. The number of piperidine rings is 1. The zero-order valence-corrected chi connectivity index (χ0v) is 12.5. The minimum Gasteiger partial charge on any atom is -0.337 e. The smallest absolute Gasteiger partial charge is 0.337 e. The molecule has 1 heterocycles. The van der Waals surface area contributed by atoms with Crippen molar-refractivity contribution in [3.05, 3.63) is 33.8 Å². The number of likely N-dealkylation sites (tertiary alicyclic amines) is 1. The summed E-state index contributed by atoms with van der Waals surface area (Å²) in [5.74, 6) is -0.736. The molecule has 1 fully saturated rings. The van der Waals surface area contributed by atoms with Gasteiger partial charge < -0.3 is 4.90 Å². The molecule has 0 bridgehead atoms. The van der Waals surface area contributed by atoms with Gasteiger partial charge in [0.15, 0.2) is 0 Å². The van der Waals surface area contributed by atoms with E-state index in [1.165, 1.54) is 11.0 Å². The molecule has 1 saturated heterocycles. The number of amides is 1. The van der Waals surface area contributed by atoms with E-state index in [2.05, 4.69) is 22.0 Å². The Balaban J connectivity index is 2.29. The number of hydrogen-bond donors (Lipinski definition) is 0. The largest absolute Gasteiger partial charge is 0.416 e. The molecule has 0 N–H and O–H groups in total. The summed E-state index contributed by atoms with van der Waals surface area (Å²) in [4.78, 5) is 13.8. The third kappa shape index (κ3) is 3.56. The van der Waals surface area contributed by atoms with E-state index in [4.69, 9.17) is 5.26 Å². The second kappa shape index (κ2) is 6.06. The molecule has 1 aliphatic heterocycles. The predicted molar refractivity (Wildman–Crippen MR) is 73.4 cm³/mol. The number of benzene rings is 1. The molecule has 0 radical (unpaired) electrons. The zero-order valence-electron chi connectivity index (χ0n) is 11.0. The minimum atomic E-state index is -4.49. The van der Waals surface area contributed by atoms with Gasteiger partial charge in [-0.1, -0.05) is 0 Å². The molecular formula is C14H12BrF3N2O. The van der Waals surface area contributed by atoms with Crippen molar-refractivity contribution in [3.8, 4) is 6.07 Å². The third-order valence-electron chi connectivity index (χ3n) is 3.42. The maximum atomic E-state index is 12.7. The van der Waals surface area contributed by atoms with E-state index in [9.17, 15) is 18.0 Å². The summed E-state index contributed by atoms with van der Waals surface area (Å²) < 4.78 is 38.5. The lowest BCUT2D eigenvalue weighted by atomic mass is 9.98. The van der Waals surface area contributed by atoms with Gasteiger partial charge in [0, 0.05) is 17.6 Å². The highest BCUT2D eigenvalue weighted by Crippen LogP contribution is 2.32. The summed E-state index contributed by atoms with van der Waals surface area (Å²) in [6.07, 6.45) is -3.10. The number of carbonyl (C=O) groups excluding carboxylic acids is 1. The van der Waals surface area contributed by atoms with Gasteiger partial charge in [-0.3, -0.25) is 4.79 Å². The van der Waals surface area contributed by atoms with Crippen molar-refractivity contribution in [1.29, 1.82) is 5.26 Å². The fourth-order valence-electron chi connectivity index (χ4n) is 2.30. The van der Waals surface area contributed by atoms with E-state index in [-0.39, 0.29) is 18.0 Å². The first kappa shape index (κ1) is 15.8. The first-order valence-corrected chi connectivity index (χ1v) is 7.18. The molecular weight excluding hydrogens is 349 g/mol. The summed E-state index contributed by atoms with van der Waals surface area (Å²) in [5, 5.41) is 8.92. The topological polar surface area (TPSA) is 44.1 Å². The minimum absolute atomic E-state index is 0.0246. The Labute approximate surface area is 128 Å². The molecule has 112 valence electrons. The van der Waals surface area contributed by atoms with Crippen LogP contribution < -0.4 is 0 Å². The monoisotopic (exact) mass is 360 g/mol. The molecule has 21 heavy (non-hydrogen) atoms. The van der Waals surface area contributed by atoms with Crippen LogP contribution in [0, 0.1) is 17.2 Å². The van der Waals surface area contributed by atoms with Crippen LogP contribution in [0.3, 0.4) is 0 Å². The van der Waals surface area contributed by atoms with Crippen molar-refractivity contribution in [3.63, 3.8) is 0 Å². The van der Waals surface area contributed by atoms with Crippen LogP contribution in [0.25, 0.3) is 0 Å². The van der Waals surface area contributed by atoms with Crippen LogP contribution in [0.5, 0.6) is 0 Å². The van der Waals surface area contributed by atoms with Gasteiger partial charge in [0.2, 0.25) is 0 Å². The van der Waals surface area contributed by atoms with Crippen LogP contribution in [0.15, 0.2) is 22.7 Å². The molecule has 3 nitrogen and oxygen atoms in total. The summed E-state index contributed by atoms with van der Waals surface area (Å²) in [7, 11) is 0. The lowest BCUT2D eigenvalue weighted by molar-refractivity contribution is -0.137. The standard InChI is InChI=1S/C14H12BrF3N2O/c15-12-4-3-10(14(16,17)18)6-11(12)13(21)20-5-1-2-9(7-19)8-20/h3-4,6,9H,1-2,5,8H2. The normalized spacial score (nSPS) is 19.2. The van der Waals surface area contributed by atoms with Gasteiger partial charge in [-0.15, -0.1) is 0 Å². The summed E-state index contributed by atoms with van der Waals surface area (Å²) >= 11 is 3.12. The van der Waals surface area contributed by atoms with Crippen molar-refractivity contribution >= 4 is 21.8 Å². The van der Waals surface area contributed by atoms with Crippen LogP contribution in [-0.2, 0) is 6.18 Å². The number of alkyl halides is 3. The van der Waals surface area contributed by atoms with Crippen molar-refractivity contribution in [2.45, 2.75) is 19.0 Å². The van der Waals surface area contributed by atoms with Crippen LogP contribution in [-0.4, -0.2) is 23.9 Å². The Hall–Kier alpha value is -1.55. The molecule has 0 aliphatic carbocycles. The van der Waals surface area contributed by atoms with Crippen LogP contribution in [0.4, 0.5) is 13.2 Å². The zero-order chi connectivity index (χ0) is 15.6. The Morgan fingerprint density at radius 1 is 1.43 bits per heavy atom. The van der Waals surface area contributed by atoms with E-state index in [0.717, 1.165) is 12.1 Å². The highest BCUT2D eigenvalue weighted by atomic mass is 79.9. The maximum absolute atomic E-state index is 12.7. The van der Waals surface area contributed by atoms with E-state index in [0.29, 0.717) is 23.9 Å². The van der Waals surface area contributed by atoms with Crippen LogP contribution in [0.1, 0.15) is 28.8 Å². The average Bonchev–Trinajstić information content (AvgIpc) is 2.46. The molecule has 1 atom stereocenters. The molecule has 7 heteroatoms. The lowest BCUT2D eigenvalue weighted by Gasteiger charge is -2.30. The van der Waals surface area contributed by atoms with Crippen molar-refractivity contribution in [2.24, 2.45) is 5.92 Å². The molecule has 2 rings (SSSR count). The number of hydrogen-bond acceptors (Lipinski definition) is 2. The summed E-state index contributed by atoms with van der Waals surface area (Å²) in [6.45, 7) is 0.720. The maximum Gasteiger partial charge on any atom is 0.416 e. The highest BCUT2D eigenvalue weighted by Gasteiger charge is 2.33. The molecule has 1 aromatic rings. The van der Waals surface area contributed by atoms with Crippen molar-refractivity contribution in [2.75, 3.05) is 13.1 Å².